The molecule has 31 heavy (non-hydrogen) atoms. The maximum absolute atomic E-state index is 13.2. The van der Waals surface area contributed by atoms with Crippen molar-refractivity contribution in [2.45, 2.75) is 50.4 Å². The average Bonchev–Trinajstić information content (AvgIpc) is 3.12. The van der Waals surface area contributed by atoms with Crippen molar-refractivity contribution in [3.63, 3.8) is 0 Å². The van der Waals surface area contributed by atoms with Crippen molar-refractivity contribution < 1.29 is 17.9 Å². The SMILES string of the molecule is FC(F)(F)c1ncnc(N2CCc3c([nH]c4ccc(Cl)cc34)[C@@H]2CC2CCCCO2)n1. The lowest BCUT2D eigenvalue weighted by molar-refractivity contribution is -0.145. The van der Waals surface area contributed by atoms with Crippen molar-refractivity contribution in [2.75, 3.05) is 18.1 Å². The number of alkyl halides is 3. The number of aromatic amines is 1. The first kappa shape index (κ1) is 20.5. The summed E-state index contributed by atoms with van der Waals surface area (Å²) < 4.78 is 45.6. The molecule has 5 rings (SSSR count). The average molecular weight is 452 g/mol. The molecule has 0 aliphatic carbocycles. The predicted octanol–water partition coefficient (Wildman–Crippen LogP) is 5.09. The topological polar surface area (TPSA) is 66.9 Å². The van der Waals surface area contributed by atoms with Crippen LogP contribution in [0, 0.1) is 0 Å². The molecule has 0 amide bonds. The summed E-state index contributed by atoms with van der Waals surface area (Å²) >= 11 is 6.22. The molecule has 0 radical (unpaired) electrons. The van der Waals surface area contributed by atoms with Gasteiger partial charge in [0.2, 0.25) is 11.8 Å². The highest BCUT2D eigenvalue weighted by atomic mass is 35.5. The van der Waals surface area contributed by atoms with Crippen molar-refractivity contribution >= 4 is 28.5 Å². The minimum Gasteiger partial charge on any atom is -0.378 e. The van der Waals surface area contributed by atoms with Gasteiger partial charge in [-0.3, -0.25) is 0 Å². The van der Waals surface area contributed by atoms with Crippen LogP contribution in [0.2, 0.25) is 5.02 Å². The van der Waals surface area contributed by atoms with Crippen molar-refractivity contribution in [1.29, 1.82) is 0 Å². The van der Waals surface area contributed by atoms with Crippen LogP contribution in [0.25, 0.3) is 10.9 Å². The van der Waals surface area contributed by atoms with Gasteiger partial charge in [-0.15, -0.1) is 0 Å². The quantitative estimate of drug-likeness (QED) is 0.601. The van der Waals surface area contributed by atoms with Gasteiger partial charge < -0.3 is 14.6 Å². The zero-order valence-corrected chi connectivity index (χ0v) is 17.4. The minimum atomic E-state index is -4.63. The molecule has 1 saturated heterocycles. The first-order valence-electron chi connectivity index (χ1n) is 10.3. The number of H-pyrrole nitrogens is 1. The summed E-state index contributed by atoms with van der Waals surface area (Å²) in [6.45, 7) is 1.20. The fraction of sp³-hybridized carbons (Fsp3) is 0.476. The second-order valence-electron chi connectivity index (χ2n) is 8.00. The third kappa shape index (κ3) is 3.96. The van der Waals surface area contributed by atoms with Crippen LogP contribution in [0.15, 0.2) is 24.5 Å². The summed E-state index contributed by atoms with van der Waals surface area (Å²) in [6, 6.07) is 5.45. The highest BCUT2D eigenvalue weighted by Gasteiger charge is 2.38. The molecule has 1 fully saturated rings. The second kappa shape index (κ2) is 7.94. The zero-order chi connectivity index (χ0) is 21.6. The van der Waals surface area contributed by atoms with Crippen LogP contribution in [-0.4, -0.2) is 39.2 Å². The number of hydrogen-bond donors (Lipinski definition) is 1. The summed E-state index contributed by atoms with van der Waals surface area (Å²) in [5.74, 6) is -1.15. The Hall–Kier alpha value is -2.39. The summed E-state index contributed by atoms with van der Waals surface area (Å²) in [7, 11) is 0. The van der Waals surface area contributed by atoms with Gasteiger partial charge in [0, 0.05) is 34.8 Å². The molecule has 1 N–H and O–H groups in total. The molecule has 6 nitrogen and oxygen atoms in total. The third-order valence-electron chi connectivity index (χ3n) is 6.04. The number of benzene rings is 1. The van der Waals surface area contributed by atoms with Crippen molar-refractivity contribution in [1.82, 2.24) is 19.9 Å². The summed E-state index contributed by atoms with van der Waals surface area (Å²) in [5, 5.41) is 1.69. The molecule has 4 heterocycles. The van der Waals surface area contributed by atoms with Gasteiger partial charge in [0.1, 0.15) is 6.33 Å². The lowest BCUT2D eigenvalue weighted by Gasteiger charge is -2.38. The van der Waals surface area contributed by atoms with E-state index in [0.717, 1.165) is 47.8 Å². The van der Waals surface area contributed by atoms with Crippen molar-refractivity contribution in [2.24, 2.45) is 0 Å². The Morgan fingerprint density at radius 2 is 2.10 bits per heavy atom. The minimum absolute atomic E-state index is 0.0328. The van der Waals surface area contributed by atoms with E-state index in [1.54, 1.807) is 0 Å². The van der Waals surface area contributed by atoms with E-state index in [-0.39, 0.29) is 18.1 Å². The molecule has 164 valence electrons. The zero-order valence-electron chi connectivity index (χ0n) is 16.6. The molecule has 2 atom stereocenters. The van der Waals surface area contributed by atoms with Gasteiger partial charge in [-0.25, -0.2) is 9.97 Å². The number of halogens is 4. The predicted molar refractivity (Wildman–Crippen MR) is 110 cm³/mol. The number of nitrogens with one attached hydrogen (secondary N) is 1. The molecule has 1 unspecified atom stereocenters. The van der Waals surface area contributed by atoms with E-state index >= 15 is 0 Å². The van der Waals surface area contributed by atoms with Gasteiger partial charge in [0.25, 0.3) is 0 Å². The number of nitrogens with zero attached hydrogens (tertiary/aromatic N) is 4. The normalized spacial score (nSPS) is 22.0. The number of fused-ring (bicyclic) bond motifs is 3. The number of aromatic nitrogens is 4. The number of ether oxygens (including phenoxy) is 1. The van der Waals surface area contributed by atoms with E-state index in [1.165, 1.54) is 0 Å². The van der Waals surface area contributed by atoms with Gasteiger partial charge in [-0.05, 0) is 55.9 Å². The van der Waals surface area contributed by atoms with Crippen LogP contribution in [-0.2, 0) is 17.3 Å². The molecule has 0 saturated carbocycles. The first-order valence-corrected chi connectivity index (χ1v) is 10.7. The Kier molecular flexibility index (Phi) is 5.26. The molecule has 0 bridgehead atoms. The van der Waals surface area contributed by atoms with Gasteiger partial charge in [-0.1, -0.05) is 11.6 Å². The molecule has 2 aliphatic rings. The van der Waals surface area contributed by atoms with Gasteiger partial charge in [0.05, 0.1) is 12.1 Å². The fourth-order valence-corrected chi connectivity index (χ4v) is 4.80. The molecule has 1 aromatic carbocycles. The largest absolute Gasteiger partial charge is 0.451 e. The fourth-order valence-electron chi connectivity index (χ4n) is 4.63. The van der Waals surface area contributed by atoms with E-state index in [2.05, 4.69) is 19.9 Å². The molecule has 3 aromatic rings. The highest BCUT2D eigenvalue weighted by Crippen LogP contribution is 2.40. The monoisotopic (exact) mass is 451 g/mol. The van der Waals surface area contributed by atoms with Gasteiger partial charge in [-0.2, -0.15) is 18.2 Å². The first-order chi connectivity index (χ1) is 14.9. The van der Waals surface area contributed by atoms with Crippen molar-refractivity contribution in [3.05, 3.63) is 46.6 Å². The molecule has 10 heteroatoms. The van der Waals surface area contributed by atoms with E-state index < -0.39 is 12.0 Å². The maximum atomic E-state index is 13.2. The Morgan fingerprint density at radius 3 is 2.87 bits per heavy atom. The van der Waals surface area contributed by atoms with E-state index in [9.17, 15) is 13.2 Å². The standard InChI is InChI=1S/C21H21ClF3N5O/c22-12-4-5-16-15(9-12)14-6-7-30(20-27-11-26-19(29-20)21(23,24)25)17(18(14)28-16)10-13-3-1-2-8-31-13/h4-5,9,11,13,17,28H,1-3,6-8,10H2/t13?,17-/m0/s1. The van der Waals surface area contributed by atoms with Crippen LogP contribution >= 0.6 is 11.6 Å². The molecule has 2 aromatic heterocycles. The number of anilines is 1. The molecule has 2 aliphatic heterocycles. The lowest BCUT2D eigenvalue weighted by atomic mass is 9.92. The Bertz CT molecular complexity index is 1100. The molecular weight excluding hydrogens is 431 g/mol. The lowest BCUT2D eigenvalue weighted by Crippen LogP contribution is -2.39. The van der Waals surface area contributed by atoms with Gasteiger partial charge >= 0.3 is 6.18 Å². The van der Waals surface area contributed by atoms with E-state index in [4.69, 9.17) is 16.3 Å². The second-order valence-corrected chi connectivity index (χ2v) is 8.43. The Morgan fingerprint density at radius 1 is 1.23 bits per heavy atom. The molecular formula is C21H21ClF3N5O. The number of rotatable bonds is 3. The summed E-state index contributed by atoms with van der Waals surface area (Å²) in [5.41, 5.74) is 3.06. The van der Waals surface area contributed by atoms with Crippen LogP contribution in [0.3, 0.4) is 0 Å². The van der Waals surface area contributed by atoms with Crippen LogP contribution in [0.5, 0.6) is 0 Å². The number of hydrogen-bond acceptors (Lipinski definition) is 5. The smallest absolute Gasteiger partial charge is 0.378 e. The van der Waals surface area contributed by atoms with Crippen LogP contribution in [0.4, 0.5) is 19.1 Å². The van der Waals surface area contributed by atoms with Crippen LogP contribution in [0.1, 0.15) is 48.8 Å². The maximum Gasteiger partial charge on any atom is 0.451 e. The Balaban J connectivity index is 1.57. The summed E-state index contributed by atoms with van der Waals surface area (Å²) in [4.78, 5) is 16.5. The third-order valence-corrected chi connectivity index (χ3v) is 6.28. The summed E-state index contributed by atoms with van der Waals surface area (Å²) in [6.07, 6.45) is 0.659. The Labute approximate surface area is 181 Å². The van der Waals surface area contributed by atoms with Crippen molar-refractivity contribution in [3.8, 4) is 0 Å². The van der Waals surface area contributed by atoms with E-state index in [0.29, 0.717) is 31.0 Å². The molecule has 0 spiro atoms. The van der Waals surface area contributed by atoms with Crippen LogP contribution < -0.4 is 4.90 Å². The van der Waals surface area contributed by atoms with Gasteiger partial charge in [0.15, 0.2) is 0 Å². The highest BCUT2D eigenvalue weighted by molar-refractivity contribution is 6.31. The van der Waals surface area contributed by atoms with E-state index in [1.807, 2.05) is 23.1 Å².